The largest absolute Gasteiger partial charge is 0.374 e. The van der Waals surface area contributed by atoms with Gasteiger partial charge in [0.25, 0.3) is 0 Å². The number of imidazole rings is 1. The molecule has 0 aliphatic carbocycles. The van der Waals surface area contributed by atoms with Crippen LogP contribution in [0.2, 0.25) is 0 Å². The van der Waals surface area contributed by atoms with Gasteiger partial charge in [0.2, 0.25) is 5.91 Å². The summed E-state index contributed by atoms with van der Waals surface area (Å²) in [6.45, 7) is 7.66. The second-order valence-corrected chi connectivity index (χ2v) is 9.41. The Morgan fingerprint density at radius 2 is 2.06 bits per heavy atom. The molecule has 3 N–H and O–H groups in total. The minimum absolute atomic E-state index is 0.0296. The summed E-state index contributed by atoms with van der Waals surface area (Å²) >= 11 is 1.67. The predicted molar refractivity (Wildman–Crippen MR) is 124 cm³/mol. The molecule has 0 radical (unpaired) electrons. The number of H-pyrrole nitrogens is 1. The van der Waals surface area contributed by atoms with E-state index in [0.29, 0.717) is 22.7 Å². The Kier molecular flexibility index (Phi) is 6.09. The van der Waals surface area contributed by atoms with Crippen LogP contribution in [0.15, 0.2) is 36.9 Å². The molecule has 0 spiro atoms. The molecule has 10 heteroatoms. The minimum Gasteiger partial charge on any atom is -0.374 e. The maximum atomic E-state index is 12.8. The first-order valence-electron chi connectivity index (χ1n) is 10.4. The third-order valence-electron chi connectivity index (χ3n) is 5.35. The molecule has 4 heterocycles. The lowest BCUT2D eigenvalue weighted by Crippen LogP contribution is -2.31. The Morgan fingerprint density at radius 1 is 1.28 bits per heavy atom. The number of rotatable bonds is 7. The number of aliphatic hydroxyl groups is 1. The number of hydrogen-bond donors (Lipinski definition) is 3. The summed E-state index contributed by atoms with van der Waals surface area (Å²) < 4.78 is 1.93. The van der Waals surface area contributed by atoms with Crippen molar-refractivity contribution in [1.82, 2.24) is 29.9 Å². The summed E-state index contributed by atoms with van der Waals surface area (Å²) in [5.74, 6) is 0.417. The molecule has 1 unspecified atom stereocenters. The number of anilines is 1. The molecule has 168 valence electrons. The summed E-state index contributed by atoms with van der Waals surface area (Å²) in [5, 5.41) is 20.8. The highest BCUT2D eigenvalue weighted by Gasteiger charge is 2.23. The van der Waals surface area contributed by atoms with E-state index in [-0.39, 0.29) is 17.9 Å². The zero-order valence-corrected chi connectivity index (χ0v) is 19.5. The van der Waals surface area contributed by atoms with E-state index in [0.717, 1.165) is 10.6 Å². The average molecular weight is 454 g/mol. The van der Waals surface area contributed by atoms with Crippen LogP contribution >= 0.6 is 11.3 Å². The Balaban J connectivity index is 1.80. The van der Waals surface area contributed by atoms with E-state index in [1.165, 1.54) is 11.2 Å². The quantitative estimate of drug-likeness (QED) is 0.370. The number of thiophene rings is 1. The van der Waals surface area contributed by atoms with Gasteiger partial charge in [-0.15, -0.1) is 11.3 Å². The third-order valence-corrected chi connectivity index (χ3v) is 6.38. The number of fused-ring (bicyclic) bond motifs is 1. The van der Waals surface area contributed by atoms with Crippen LogP contribution in [0.25, 0.3) is 16.2 Å². The molecule has 2 atom stereocenters. The molecule has 4 aromatic rings. The number of aromatic nitrogens is 5. The smallest absolute Gasteiger partial charge is 0.229 e. The number of amides is 1. The number of aromatic amines is 1. The summed E-state index contributed by atoms with van der Waals surface area (Å²) in [5.41, 5.74) is 2.80. The molecule has 0 fully saturated rings. The Bertz CT molecular complexity index is 1230. The lowest BCUT2D eigenvalue weighted by Gasteiger charge is -2.23. The topological polar surface area (TPSA) is 111 Å². The number of hydrogen-bond acceptors (Lipinski definition) is 7. The third kappa shape index (κ3) is 4.16. The maximum absolute atomic E-state index is 12.8. The van der Waals surface area contributed by atoms with Gasteiger partial charge in [-0.25, -0.2) is 9.97 Å². The predicted octanol–water partition coefficient (Wildman–Crippen LogP) is 3.45. The summed E-state index contributed by atoms with van der Waals surface area (Å²) in [4.78, 5) is 25.4. The van der Waals surface area contributed by atoms with Gasteiger partial charge in [-0.2, -0.15) is 5.10 Å². The van der Waals surface area contributed by atoms with Crippen molar-refractivity contribution in [2.75, 3.05) is 11.9 Å². The SMILES string of the molecule is Cc1ccc(-c2cnc3c(N(C)C(=O)C(C)C)cc(C(O)N[C@@H](C)c4ncn[nH]4)cn23)s1. The molecule has 0 aliphatic rings. The van der Waals surface area contributed by atoms with E-state index in [9.17, 15) is 9.90 Å². The van der Waals surface area contributed by atoms with E-state index in [2.05, 4.69) is 44.5 Å². The molecular weight excluding hydrogens is 426 g/mol. The highest BCUT2D eigenvalue weighted by molar-refractivity contribution is 7.15. The van der Waals surface area contributed by atoms with Crippen LogP contribution in [0, 0.1) is 12.8 Å². The van der Waals surface area contributed by atoms with Crippen molar-refractivity contribution < 1.29 is 9.90 Å². The first-order chi connectivity index (χ1) is 15.3. The second kappa shape index (κ2) is 8.81. The fraction of sp³-hybridized carbons (Fsp3) is 0.364. The van der Waals surface area contributed by atoms with Gasteiger partial charge in [0.15, 0.2) is 5.65 Å². The molecule has 4 aromatic heterocycles. The molecule has 0 aliphatic heterocycles. The second-order valence-electron chi connectivity index (χ2n) is 8.12. The number of pyridine rings is 1. The molecule has 0 saturated carbocycles. The average Bonchev–Trinajstić information content (AvgIpc) is 3.52. The van der Waals surface area contributed by atoms with Crippen LogP contribution < -0.4 is 10.2 Å². The van der Waals surface area contributed by atoms with Crippen molar-refractivity contribution in [2.45, 2.75) is 40.0 Å². The van der Waals surface area contributed by atoms with Crippen LogP contribution in [0.5, 0.6) is 0 Å². The van der Waals surface area contributed by atoms with Crippen molar-refractivity contribution in [1.29, 1.82) is 0 Å². The van der Waals surface area contributed by atoms with Gasteiger partial charge in [0, 0.05) is 29.6 Å². The molecule has 0 bridgehead atoms. The van der Waals surface area contributed by atoms with Crippen LogP contribution in [0.1, 0.15) is 49.3 Å². The summed E-state index contributed by atoms with van der Waals surface area (Å²) in [6, 6.07) is 5.66. The van der Waals surface area contributed by atoms with Crippen LogP contribution in [0.4, 0.5) is 5.69 Å². The van der Waals surface area contributed by atoms with Crippen molar-refractivity contribution in [3.63, 3.8) is 0 Å². The van der Waals surface area contributed by atoms with E-state index >= 15 is 0 Å². The highest BCUT2D eigenvalue weighted by atomic mass is 32.1. The van der Waals surface area contributed by atoms with Crippen molar-refractivity contribution >= 4 is 28.6 Å². The van der Waals surface area contributed by atoms with Crippen LogP contribution in [-0.4, -0.2) is 42.6 Å². The van der Waals surface area contributed by atoms with E-state index in [1.54, 1.807) is 35.5 Å². The van der Waals surface area contributed by atoms with E-state index in [4.69, 9.17) is 0 Å². The zero-order chi connectivity index (χ0) is 23.0. The number of aliphatic hydroxyl groups excluding tert-OH is 1. The number of nitrogens with one attached hydrogen (secondary N) is 2. The number of carbonyl (C=O) groups is 1. The maximum Gasteiger partial charge on any atom is 0.229 e. The Morgan fingerprint density at radius 3 is 2.69 bits per heavy atom. The lowest BCUT2D eigenvalue weighted by molar-refractivity contribution is -0.121. The van der Waals surface area contributed by atoms with Gasteiger partial charge in [-0.1, -0.05) is 13.8 Å². The van der Waals surface area contributed by atoms with E-state index < -0.39 is 6.23 Å². The van der Waals surface area contributed by atoms with Crippen molar-refractivity contribution in [2.24, 2.45) is 5.92 Å². The van der Waals surface area contributed by atoms with Gasteiger partial charge in [-0.05, 0) is 32.0 Å². The van der Waals surface area contributed by atoms with Gasteiger partial charge in [-0.3, -0.25) is 19.6 Å². The molecule has 32 heavy (non-hydrogen) atoms. The Hall–Kier alpha value is -3.08. The molecule has 0 saturated heterocycles. The first kappa shape index (κ1) is 22.1. The number of nitrogens with zero attached hydrogens (tertiary/aromatic N) is 5. The zero-order valence-electron chi connectivity index (χ0n) is 18.7. The lowest BCUT2D eigenvalue weighted by atomic mass is 10.1. The molecule has 4 rings (SSSR count). The number of aryl methyl sites for hydroxylation is 1. The van der Waals surface area contributed by atoms with E-state index in [1.807, 2.05) is 31.4 Å². The standard InChI is InChI=1S/C22H27N7O2S/c1-12(2)22(31)28(5)16-8-15(21(30)26-14(4)19-24-11-25-27-19)10-29-17(9-23-20(16)29)18-7-6-13(3)32-18/h6-12,14,21,26,30H,1-5H3,(H,24,25,27)/t14-,21?/m0/s1. The van der Waals surface area contributed by atoms with Gasteiger partial charge < -0.3 is 10.0 Å². The Labute approximate surface area is 190 Å². The monoisotopic (exact) mass is 453 g/mol. The van der Waals surface area contributed by atoms with Crippen LogP contribution in [0.3, 0.4) is 0 Å². The summed E-state index contributed by atoms with van der Waals surface area (Å²) in [7, 11) is 1.74. The van der Waals surface area contributed by atoms with Crippen LogP contribution in [-0.2, 0) is 4.79 Å². The molecule has 9 nitrogen and oxygen atoms in total. The van der Waals surface area contributed by atoms with Gasteiger partial charge in [0.1, 0.15) is 18.4 Å². The van der Waals surface area contributed by atoms with Gasteiger partial charge >= 0.3 is 0 Å². The molecule has 0 aromatic carbocycles. The number of carbonyl (C=O) groups excluding carboxylic acids is 1. The fourth-order valence-corrected chi connectivity index (χ4v) is 4.46. The highest BCUT2D eigenvalue weighted by Crippen LogP contribution is 2.33. The molecular formula is C22H27N7O2S. The minimum atomic E-state index is -0.999. The summed E-state index contributed by atoms with van der Waals surface area (Å²) in [6.07, 6.45) is 4.09. The van der Waals surface area contributed by atoms with Crippen molar-refractivity contribution in [3.05, 3.63) is 53.2 Å². The van der Waals surface area contributed by atoms with Crippen molar-refractivity contribution in [3.8, 4) is 10.6 Å². The normalized spacial score (nSPS) is 13.6. The fourth-order valence-electron chi connectivity index (χ4n) is 3.58. The van der Waals surface area contributed by atoms with Gasteiger partial charge in [0.05, 0.1) is 28.5 Å². The molecule has 1 amide bonds. The first-order valence-corrected chi connectivity index (χ1v) is 11.2.